The highest BCUT2D eigenvalue weighted by molar-refractivity contribution is 6.30. The highest BCUT2D eigenvalue weighted by Gasteiger charge is 2.36. The third-order valence-corrected chi connectivity index (χ3v) is 4.67. The fraction of sp³-hybridized carbons (Fsp3) is 0.263. The summed E-state index contributed by atoms with van der Waals surface area (Å²) in [5.41, 5.74) is 2.31. The van der Waals surface area contributed by atoms with Gasteiger partial charge in [0.1, 0.15) is 0 Å². The van der Waals surface area contributed by atoms with Gasteiger partial charge < -0.3 is 0 Å². The molecule has 0 N–H and O–H groups in total. The first-order valence-electron chi connectivity index (χ1n) is 7.70. The zero-order valence-corrected chi connectivity index (χ0v) is 13.4. The summed E-state index contributed by atoms with van der Waals surface area (Å²) in [6.45, 7) is 1.44. The summed E-state index contributed by atoms with van der Waals surface area (Å²) in [4.78, 5) is 25.1. The highest BCUT2D eigenvalue weighted by atomic mass is 35.5. The van der Waals surface area contributed by atoms with E-state index in [0.29, 0.717) is 24.3 Å². The molecular formula is C19H18ClNO2. The fourth-order valence-corrected chi connectivity index (χ4v) is 3.37. The molecule has 1 aliphatic heterocycles. The average Bonchev–Trinajstić information content (AvgIpc) is 2.99. The average molecular weight is 328 g/mol. The summed E-state index contributed by atoms with van der Waals surface area (Å²) in [5.74, 6) is -0.0951. The van der Waals surface area contributed by atoms with Crippen molar-refractivity contribution in [1.82, 2.24) is 4.90 Å². The van der Waals surface area contributed by atoms with E-state index in [9.17, 15) is 9.59 Å². The maximum Gasteiger partial charge on any atom is 0.212 e. The Morgan fingerprint density at radius 2 is 1.83 bits per heavy atom. The molecule has 0 amide bonds. The van der Waals surface area contributed by atoms with Crippen LogP contribution in [0.2, 0.25) is 5.02 Å². The second-order valence-corrected chi connectivity index (χ2v) is 6.37. The summed E-state index contributed by atoms with van der Waals surface area (Å²) < 4.78 is 0. The molecular weight excluding hydrogens is 310 g/mol. The molecule has 0 bridgehead atoms. The van der Waals surface area contributed by atoms with Gasteiger partial charge in [0.25, 0.3) is 0 Å². The Hall–Kier alpha value is -1.97. The monoisotopic (exact) mass is 327 g/mol. The highest BCUT2D eigenvalue weighted by Crippen LogP contribution is 2.33. The minimum atomic E-state index is -0.339. The van der Waals surface area contributed by atoms with Crippen molar-refractivity contribution in [1.29, 1.82) is 0 Å². The molecule has 0 aliphatic carbocycles. The maximum absolute atomic E-state index is 12.0. The van der Waals surface area contributed by atoms with Crippen LogP contribution in [-0.2, 0) is 16.1 Å². The van der Waals surface area contributed by atoms with Gasteiger partial charge in [0.15, 0.2) is 6.29 Å². The second-order valence-electron chi connectivity index (χ2n) is 5.94. The molecule has 2 aromatic rings. The molecule has 2 unspecified atom stereocenters. The Balaban J connectivity index is 1.80. The molecule has 3 rings (SSSR count). The van der Waals surface area contributed by atoms with Crippen LogP contribution in [0.1, 0.15) is 23.5 Å². The topological polar surface area (TPSA) is 37.4 Å². The molecule has 1 saturated heterocycles. The van der Waals surface area contributed by atoms with Gasteiger partial charge in [0.2, 0.25) is 5.78 Å². The number of ketones is 1. The van der Waals surface area contributed by atoms with E-state index in [-0.39, 0.29) is 17.7 Å². The number of carbonyl (C=O) groups excluding carboxylic acids is 2. The van der Waals surface area contributed by atoms with Crippen molar-refractivity contribution in [2.24, 2.45) is 0 Å². The van der Waals surface area contributed by atoms with Crippen LogP contribution >= 0.6 is 11.6 Å². The Morgan fingerprint density at radius 1 is 1.13 bits per heavy atom. The zero-order valence-electron chi connectivity index (χ0n) is 12.7. The van der Waals surface area contributed by atoms with Gasteiger partial charge in [-0.2, -0.15) is 0 Å². The van der Waals surface area contributed by atoms with Crippen LogP contribution < -0.4 is 0 Å². The molecule has 1 fully saturated rings. The van der Waals surface area contributed by atoms with Gasteiger partial charge in [0.05, 0.1) is 6.04 Å². The van der Waals surface area contributed by atoms with Crippen molar-refractivity contribution in [3.63, 3.8) is 0 Å². The molecule has 23 heavy (non-hydrogen) atoms. The van der Waals surface area contributed by atoms with E-state index < -0.39 is 0 Å². The van der Waals surface area contributed by atoms with Gasteiger partial charge in [-0.25, -0.2) is 0 Å². The standard InChI is InChI=1S/C19H18ClNO2/c20-17-8-6-15(7-9-17)16-10-18(19(23)13-22)21(12-16)11-14-4-2-1-3-5-14/h1-9,13,16,18H,10-12H2. The molecule has 2 aromatic carbocycles. The van der Waals surface area contributed by atoms with Gasteiger partial charge in [-0.05, 0) is 35.6 Å². The molecule has 1 aliphatic rings. The minimum absolute atomic E-state index is 0.241. The molecule has 1 heterocycles. The van der Waals surface area contributed by atoms with Crippen LogP contribution in [0.15, 0.2) is 54.6 Å². The van der Waals surface area contributed by atoms with Crippen LogP contribution in [0, 0.1) is 0 Å². The van der Waals surface area contributed by atoms with Crippen LogP contribution in [0.5, 0.6) is 0 Å². The lowest BCUT2D eigenvalue weighted by Gasteiger charge is -2.21. The van der Waals surface area contributed by atoms with Crippen molar-refractivity contribution in [2.75, 3.05) is 6.54 Å². The quantitative estimate of drug-likeness (QED) is 0.623. The Labute approximate surface area is 140 Å². The Bertz CT molecular complexity index is 684. The predicted molar refractivity (Wildman–Crippen MR) is 90.5 cm³/mol. The zero-order chi connectivity index (χ0) is 16.2. The lowest BCUT2D eigenvalue weighted by atomic mass is 9.95. The number of rotatable bonds is 5. The van der Waals surface area contributed by atoms with Crippen LogP contribution in [0.3, 0.4) is 0 Å². The summed E-state index contributed by atoms with van der Waals surface area (Å²) in [5, 5.41) is 0.702. The smallest absolute Gasteiger partial charge is 0.212 e. The van der Waals surface area contributed by atoms with Gasteiger partial charge in [-0.15, -0.1) is 0 Å². The van der Waals surface area contributed by atoms with E-state index in [4.69, 9.17) is 11.6 Å². The van der Waals surface area contributed by atoms with Crippen LogP contribution in [-0.4, -0.2) is 29.6 Å². The Kier molecular flexibility index (Phi) is 4.89. The number of aldehydes is 1. The summed E-state index contributed by atoms with van der Waals surface area (Å²) >= 11 is 5.95. The minimum Gasteiger partial charge on any atom is -0.295 e. The van der Waals surface area contributed by atoms with Gasteiger partial charge in [-0.1, -0.05) is 54.1 Å². The molecule has 0 radical (unpaired) electrons. The van der Waals surface area contributed by atoms with E-state index in [0.717, 1.165) is 17.7 Å². The first-order chi connectivity index (χ1) is 11.2. The van der Waals surface area contributed by atoms with Crippen molar-refractivity contribution in [3.8, 4) is 0 Å². The molecule has 0 saturated carbocycles. The van der Waals surface area contributed by atoms with Gasteiger partial charge in [-0.3, -0.25) is 14.5 Å². The number of likely N-dealkylation sites (tertiary alicyclic amines) is 1. The third kappa shape index (κ3) is 3.69. The van der Waals surface area contributed by atoms with Crippen molar-refractivity contribution < 1.29 is 9.59 Å². The molecule has 0 aromatic heterocycles. The number of hydrogen-bond acceptors (Lipinski definition) is 3. The SMILES string of the molecule is O=CC(=O)C1CC(c2ccc(Cl)cc2)CN1Cc1ccccc1. The largest absolute Gasteiger partial charge is 0.295 e. The number of carbonyl (C=O) groups is 2. The number of benzene rings is 2. The molecule has 0 spiro atoms. The predicted octanol–water partition coefficient (Wildman–Crippen LogP) is 3.47. The van der Waals surface area contributed by atoms with Gasteiger partial charge >= 0.3 is 0 Å². The van der Waals surface area contributed by atoms with E-state index in [1.807, 2.05) is 54.6 Å². The van der Waals surface area contributed by atoms with Gasteiger partial charge in [0, 0.05) is 18.1 Å². The number of hydrogen-bond donors (Lipinski definition) is 0. The molecule has 4 heteroatoms. The van der Waals surface area contributed by atoms with Crippen molar-refractivity contribution in [2.45, 2.75) is 24.9 Å². The summed E-state index contributed by atoms with van der Waals surface area (Å²) in [6, 6.07) is 17.4. The van der Waals surface area contributed by atoms with Crippen LogP contribution in [0.25, 0.3) is 0 Å². The normalized spacial score (nSPS) is 21.3. The first kappa shape index (κ1) is 15.9. The van der Waals surface area contributed by atoms with E-state index >= 15 is 0 Å². The third-order valence-electron chi connectivity index (χ3n) is 4.42. The molecule has 3 nitrogen and oxygen atoms in total. The second kappa shape index (κ2) is 7.07. The summed E-state index contributed by atoms with van der Waals surface area (Å²) in [7, 11) is 0. The lowest BCUT2D eigenvalue weighted by Crippen LogP contribution is -2.36. The number of halogens is 1. The van der Waals surface area contributed by atoms with E-state index in [2.05, 4.69) is 4.90 Å². The molecule has 118 valence electrons. The van der Waals surface area contributed by atoms with Crippen molar-refractivity contribution >= 4 is 23.7 Å². The number of Topliss-reactive ketones (excluding diaryl/α,β-unsaturated/α-hetero) is 1. The fourth-order valence-electron chi connectivity index (χ4n) is 3.25. The lowest BCUT2D eigenvalue weighted by molar-refractivity contribution is -0.133. The van der Waals surface area contributed by atoms with Crippen LogP contribution in [0.4, 0.5) is 0 Å². The van der Waals surface area contributed by atoms with Crippen molar-refractivity contribution in [3.05, 3.63) is 70.7 Å². The van der Waals surface area contributed by atoms with E-state index in [1.165, 1.54) is 0 Å². The Morgan fingerprint density at radius 3 is 2.48 bits per heavy atom. The summed E-state index contributed by atoms with van der Waals surface area (Å²) in [6.07, 6.45) is 1.12. The number of nitrogens with zero attached hydrogens (tertiary/aromatic N) is 1. The molecule has 2 atom stereocenters. The first-order valence-corrected chi connectivity index (χ1v) is 8.07. The maximum atomic E-state index is 12.0. The van der Waals surface area contributed by atoms with E-state index in [1.54, 1.807) is 0 Å².